The van der Waals surface area contributed by atoms with Crippen molar-refractivity contribution in [3.8, 4) is 0 Å². The van der Waals surface area contributed by atoms with Gasteiger partial charge in [0.1, 0.15) is 11.2 Å². The van der Waals surface area contributed by atoms with Gasteiger partial charge in [0.05, 0.1) is 0 Å². The average molecular weight is 548 g/mol. The number of nitrogens with one attached hydrogen (secondary N) is 1. The van der Waals surface area contributed by atoms with Gasteiger partial charge in [-0.1, -0.05) is 36.4 Å². The van der Waals surface area contributed by atoms with E-state index in [1.54, 1.807) is 25.1 Å². The molecule has 2 N–H and O–H groups in total. The highest BCUT2D eigenvalue weighted by atomic mass is 16.6. The molecule has 0 aliphatic heterocycles. The van der Waals surface area contributed by atoms with Crippen LogP contribution in [0.4, 0.5) is 5.69 Å². The SMILES string of the molecule is CC(=O)O[C@]1(C(C)=O)CC[C@H]2[C@@H]3C=C(C)C4=CC(=O)CC[C@]4(C)[C@H]3CC[C@@]21C.N=Nc1cccc2nnn(O)c12. The fourth-order valence-corrected chi connectivity index (χ4v) is 8.51. The van der Waals surface area contributed by atoms with Gasteiger partial charge in [0.15, 0.2) is 22.7 Å². The zero-order valence-electron chi connectivity index (χ0n) is 23.7. The predicted molar refractivity (Wildman–Crippen MR) is 146 cm³/mol. The van der Waals surface area contributed by atoms with Crippen LogP contribution in [0.1, 0.15) is 73.1 Å². The van der Waals surface area contributed by atoms with E-state index in [9.17, 15) is 14.4 Å². The van der Waals surface area contributed by atoms with Crippen molar-refractivity contribution in [1.82, 2.24) is 15.2 Å². The topological polar surface area (TPSA) is 148 Å². The highest BCUT2D eigenvalue weighted by Crippen LogP contribution is 2.67. The van der Waals surface area contributed by atoms with E-state index in [-0.39, 0.29) is 28.4 Å². The lowest BCUT2D eigenvalue weighted by molar-refractivity contribution is -0.185. The highest BCUT2D eigenvalue weighted by Gasteiger charge is 2.67. The van der Waals surface area contributed by atoms with Crippen molar-refractivity contribution >= 4 is 34.3 Å². The molecule has 2 saturated carbocycles. The smallest absolute Gasteiger partial charge is 0.303 e. The summed E-state index contributed by atoms with van der Waals surface area (Å²) in [6, 6.07) is 4.99. The molecule has 212 valence electrons. The summed E-state index contributed by atoms with van der Waals surface area (Å²) >= 11 is 0. The molecule has 0 amide bonds. The fraction of sp³-hybridized carbons (Fsp3) is 0.567. The molecule has 6 rings (SSSR count). The molecule has 4 aliphatic carbocycles. The van der Waals surface area contributed by atoms with Crippen LogP contribution in [-0.2, 0) is 19.1 Å². The minimum absolute atomic E-state index is 0.0160. The lowest BCUT2D eigenvalue weighted by Gasteiger charge is -2.58. The summed E-state index contributed by atoms with van der Waals surface area (Å²) in [5.41, 5.74) is 9.18. The monoisotopic (exact) mass is 547 g/mol. The Balaban J connectivity index is 0.000000223. The number of carbonyl (C=O) groups is 3. The van der Waals surface area contributed by atoms with Crippen molar-refractivity contribution in [2.24, 2.45) is 33.7 Å². The third-order valence-electron chi connectivity index (χ3n) is 10.4. The molecular weight excluding hydrogens is 510 g/mol. The van der Waals surface area contributed by atoms with E-state index in [2.05, 4.69) is 42.3 Å². The quantitative estimate of drug-likeness (QED) is 0.276. The number of carbonyl (C=O) groups excluding carboxylic acids is 3. The van der Waals surface area contributed by atoms with Gasteiger partial charge in [0.2, 0.25) is 0 Å². The summed E-state index contributed by atoms with van der Waals surface area (Å²) in [6.07, 6.45) is 9.20. The van der Waals surface area contributed by atoms with Crippen LogP contribution in [-0.4, -0.2) is 43.5 Å². The minimum atomic E-state index is -0.990. The van der Waals surface area contributed by atoms with Crippen molar-refractivity contribution < 1.29 is 24.3 Å². The van der Waals surface area contributed by atoms with E-state index in [0.717, 1.165) is 25.7 Å². The number of ketones is 2. The van der Waals surface area contributed by atoms with Crippen molar-refractivity contribution in [2.45, 2.75) is 78.7 Å². The van der Waals surface area contributed by atoms with E-state index >= 15 is 0 Å². The molecule has 10 nitrogen and oxygen atoms in total. The van der Waals surface area contributed by atoms with Crippen LogP contribution in [0.25, 0.3) is 11.0 Å². The Morgan fingerprint density at radius 1 is 1.15 bits per heavy atom. The zero-order valence-corrected chi connectivity index (χ0v) is 23.7. The second-order valence-electron chi connectivity index (χ2n) is 12.3. The van der Waals surface area contributed by atoms with Crippen LogP contribution < -0.4 is 0 Å². The summed E-state index contributed by atoms with van der Waals surface area (Å²) in [7, 11) is 0. The van der Waals surface area contributed by atoms with Crippen LogP contribution in [0.5, 0.6) is 0 Å². The number of esters is 1. The van der Waals surface area contributed by atoms with Crippen molar-refractivity contribution in [2.75, 3.05) is 0 Å². The first kappa shape index (κ1) is 27.9. The summed E-state index contributed by atoms with van der Waals surface area (Å²) in [5, 5.41) is 19.4. The second kappa shape index (κ2) is 9.74. The number of rotatable bonds is 3. The molecule has 1 aromatic carbocycles. The lowest BCUT2D eigenvalue weighted by Crippen LogP contribution is -2.58. The molecule has 4 aliphatic rings. The number of ether oxygens (including phenoxy) is 1. The molecule has 1 aromatic heterocycles. The van der Waals surface area contributed by atoms with Gasteiger partial charge in [-0.15, -0.1) is 5.10 Å². The van der Waals surface area contributed by atoms with E-state index in [4.69, 9.17) is 15.5 Å². The van der Waals surface area contributed by atoms with Gasteiger partial charge in [0.25, 0.3) is 0 Å². The summed E-state index contributed by atoms with van der Waals surface area (Å²) in [5.74, 6) is 1.03. The van der Waals surface area contributed by atoms with Crippen molar-refractivity contribution in [3.05, 3.63) is 41.5 Å². The van der Waals surface area contributed by atoms with Crippen molar-refractivity contribution in [3.63, 3.8) is 0 Å². The van der Waals surface area contributed by atoms with Crippen molar-refractivity contribution in [1.29, 1.82) is 5.53 Å². The summed E-state index contributed by atoms with van der Waals surface area (Å²) in [4.78, 5) is 37.4. The number of benzene rings is 1. The Labute approximate surface area is 233 Å². The normalized spacial score (nSPS) is 34.3. The maximum absolute atomic E-state index is 12.8. The first-order chi connectivity index (χ1) is 18.9. The highest BCUT2D eigenvalue weighted by molar-refractivity contribution is 5.93. The van der Waals surface area contributed by atoms with Gasteiger partial charge >= 0.3 is 5.97 Å². The third-order valence-corrected chi connectivity index (χ3v) is 10.4. The summed E-state index contributed by atoms with van der Waals surface area (Å²) < 4.78 is 5.82. The number of allylic oxidation sites excluding steroid dienone is 4. The molecule has 10 heteroatoms. The fourth-order valence-electron chi connectivity index (χ4n) is 8.51. The van der Waals surface area contributed by atoms with Gasteiger partial charge in [0, 0.05) is 18.8 Å². The Morgan fingerprint density at radius 3 is 2.55 bits per heavy atom. The van der Waals surface area contributed by atoms with E-state index in [1.165, 1.54) is 18.1 Å². The molecule has 40 heavy (non-hydrogen) atoms. The maximum atomic E-state index is 12.8. The molecule has 6 atom stereocenters. The first-order valence-electron chi connectivity index (χ1n) is 13.9. The largest absolute Gasteiger partial charge is 0.451 e. The van der Waals surface area contributed by atoms with E-state index in [1.807, 2.05) is 6.08 Å². The number of para-hydroxylation sites is 1. The molecule has 0 spiro atoms. The Kier molecular flexibility index (Phi) is 6.79. The van der Waals surface area contributed by atoms with Crippen LogP contribution >= 0.6 is 0 Å². The molecule has 0 radical (unpaired) electrons. The Hall–Kier alpha value is -3.69. The second-order valence-corrected chi connectivity index (χ2v) is 12.3. The molecule has 2 fully saturated rings. The van der Waals surface area contributed by atoms with Gasteiger partial charge in [-0.2, -0.15) is 5.11 Å². The van der Waals surface area contributed by atoms with Gasteiger partial charge in [-0.3, -0.25) is 14.4 Å². The number of nitrogens with zero attached hydrogens (tertiary/aromatic N) is 4. The molecule has 0 bridgehead atoms. The average Bonchev–Trinajstić information content (AvgIpc) is 3.43. The minimum Gasteiger partial charge on any atom is -0.451 e. The van der Waals surface area contributed by atoms with Crippen LogP contribution in [0.3, 0.4) is 0 Å². The molecular formula is C30H37N5O5. The van der Waals surface area contributed by atoms with E-state index in [0.29, 0.717) is 52.2 Å². The number of hydrogen-bond acceptors (Lipinski definition) is 9. The van der Waals surface area contributed by atoms with Gasteiger partial charge < -0.3 is 9.94 Å². The van der Waals surface area contributed by atoms with Crippen LogP contribution in [0.2, 0.25) is 0 Å². The number of fused-ring (bicyclic) bond motifs is 6. The molecule has 1 heterocycles. The Bertz CT molecular complexity index is 1480. The first-order valence-corrected chi connectivity index (χ1v) is 13.9. The zero-order chi connectivity index (χ0) is 29.0. The van der Waals surface area contributed by atoms with Gasteiger partial charge in [-0.05, 0) is 98.1 Å². The summed E-state index contributed by atoms with van der Waals surface area (Å²) in [6.45, 7) is 9.63. The Morgan fingerprint density at radius 2 is 1.88 bits per heavy atom. The van der Waals surface area contributed by atoms with Gasteiger partial charge in [-0.25, -0.2) is 5.53 Å². The molecule has 2 aromatic rings. The maximum Gasteiger partial charge on any atom is 0.303 e. The standard InChI is InChI=1S/C24H32O4.C6H5N5O/c1-14-12-18-19(22(4)9-6-17(27)13-21(14)22)7-10-23(5)20(18)8-11-24(23,15(2)25)28-16(3)26;7-8-4-2-1-3-5-6(4)11(12)10-9-5/h12-13,18-20H,6-11H2,1-5H3;1-3,7,12H/t18-,19+,20+,22-,23+,24+;/m1./s1. The number of aromatic nitrogens is 3. The van der Waals surface area contributed by atoms with Crippen LogP contribution in [0.15, 0.2) is 46.6 Å². The molecule has 0 unspecified atom stereocenters. The molecule has 0 saturated heterocycles. The predicted octanol–water partition coefficient (Wildman–Crippen LogP) is 5.91. The van der Waals surface area contributed by atoms with Crippen LogP contribution in [0, 0.1) is 34.1 Å². The number of hydrogen-bond donors (Lipinski definition) is 2. The lowest BCUT2D eigenvalue weighted by atomic mass is 9.47. The third kappa shape index (κ3) is 4.02. The van der Waals surface area contributed by atoms with E-state index < -0.39 is 5.60 Å². The number of Topliss-reactive ketones (excluding diaryl/α,β-unsaturated/α-hetero) is 1.